The van der Waals surface area contributed by atoms with Gasteiger partial charge in [-0.05, 0) is 42.3 Å². The summed E-state index contributed by atoms with van der Waals surface area (Å²) in [6, 6.07) is 9.24. The number of rotatable bonds is 8. The minimum Gasteiger partial charge on any atom is -0.358 e. The Balaban J connectivity index is 1.91. The Morgan fingerprint density at radius 1 is 1.12 bits per heavy atom. The van der Waals surface area contributed by atoms with Crippen LogP contribution in [0.15, 0.2) is 53.7 Å². The van der Waals surface area contributed by atoms with E-state index in [-0.39, 0.29) is 17.3 Å². The third-order valence-electron chi connectivity index (χ3n) is 3.55. The maximum atomic E-state index is 12.1. The molecule has 3 N–H and O–H groups in total. The van der Waals surface area contributed by atoms with Gasteiger partial charge in [-0.1, -0.05) is 6.07 Å². The molecular formula is C17H20N4O4S. The van der Waals surface area contributed by atoms with Crippen LogP contribution >= 0.6 is 0 Å². The van der Waals surface area contributed by atoms with Crippen LogP contribution in [0, 0.1) is 0 Å². The molecule has 1 aromatic heterocycles. The van der Waals surface area contributed by atoms with Gasteiger partial charge in [0, 0.05) is 31.5 Å². The van der Waals surface area contributed by atoms with Crippen molar-refractivity contribution in [1.82, 2.24) is 20.3 Å². The Morgan fingerprint density at radius 2 is 1.85 bits per heavy atom. The van der Waals surface area contributed by atoms with Crippen molar-refractivity contribution in [3.05, 3.63) is 59.9 Å². The van der Waals surface area contributed by atoms with E-state index in [4.69, 9.17) is 0 Å². The first-order chi connectivity index (χ1) is 12.4. The lowest BCUT2D eigenvalue weighted by atomic mass is 10.2. The van der Waals surface area contributed by atoms with E-state index >= 15 is 0 Å². The summed E-state index contributed by atoms with van der Waals surface area (Å²) >= 11 is 0. The van der Waals surface area contributed by atoms with E-state index in [1.807, 2.05) is 12.1 Å². The highest BCUT2D eigenvalue weighted by molar-refractivity contribution is 7.89. The number of nitrogens with zero attached hydrogens (tertiary/aromatic N) is 1. The van der Waals surface area contributed by atoms with Crippen molar-refractivity contribution in [1.29, 1.82) is 0 Å². The lowest BCUT2D eigenvalue weighted by Crippen LogP contribution is -2.35. The predicted molar refractivity (Wildman–Crippen MR) is 96.0 cm³/mol. The molecule has 0 radical (unpaired) electrons. The van der Waals surface area contributed by atoms with Gasteiger partial charge < -0.3 is 10.6 Å². The van der Waals surface area contributed by atoms with E-state index in [0.717, 1.165) is 5.56 Å². The first-order valence-electron chi connectivity index (χ1n) is 7.90. The summed E-state index contributed by atoms with van der Waals surface area (Å²) in [5.74, 6) is -0.741. The first kappa shape index (κ1) is 19.5. The molecule has 2 aromatic rings. The Morgan fingerprint density at radius 3 is 2.46 bits per heavy atom. The zero-order valence-corrected chi connectivity index (χ0v) is 15.0. The fourth-order valence-corrected chi connectivity index (χ4v) is 3.07. The van der Waals surface area contributed by atoms with Gasteiger partial charge in [0.1, 0.15) is 0 Å². The van der Waals surface area contributed by atoms with Crippen LogP contribution in [0.3, 0.4) is 0 Å². The number of pyridine rings is 1. The van der Waals surface area contributed by atoms with E-state index in [1.165, 1.54) is 31.3 Å². The molecule has 0 atom stereocenters. The largest absolute Gasteiger partial charge is 0.358 e. The molecule has 0 bridgehead atoms. The minimum absolute atomic E-state index is 0.0201. The van der Waals surface area contributed by atoms with Crippen molar-refractivity contribution < 1.29 is 18.0 Å². The molecule has 0 fully saturated rings. The topological polar surface area (TPSA) is 117 Å². The average Bonchev–Trinajstić information content (AvgIpc) is 2.67. The molecule has 138 valence electrons. The lowest BCUT2D eigenvalue weighted by Gasteiger charge is -2.08. The molecule has 8 nitrogen and oxygen atoms in total. The molecule has 0 aliphatic heterocycles. The second-order valence-corrected chi connectivity index (χ2v) is 7.16. The third kappa shape index (κ3) is 5.64. The van der Waals surface area contributed by atoms with Gasteiger partial charge in [0.15, 0.2) is 0 Å². The van der Waals surface area contributed by atoms with Crippen LogP contribution in [0.5, 0.6) is 0 Å². The van der Waals surface area contributed by atoms with Crippen LogP contribution < -0.4 is 15.4 Å². The van der Waals surface area contributed by atoms with Crippen LogP contribution in [0.25, 0.3) is 0 Å². The number of aromatic nitrogens is 1. The number of carbonyl (C=O) groups is 2. The molecule has 26 heavy (non-hydrogen) atoms. The highest BCUT2D eigenvalue weighted by atomic mass is 32.2. The smallest absolute Gasteiger partial charge is 0.251 e. The number of likely N-dealkylation sites (N-methyl/N-ethyl adjacent to an activating group) is 1. The molecule has 0 saturated carbocycles. The summed E-state index contributed by atoms with van der Waals surface area (Å²) in [6.07, 6.45) is 4.06. The molecule has 0 aliphatic rings. The zero-order chi connectivity index (χ0) is 19.0. The highest BCUT2D eigenvalue weighted by Gasteiger charge is 2.16. The second-order valence-electron chi connectivity index (χ2n) is 5.39. The SMILES string of the molecule is CNC(=O)CNS(=O)(=O)c1ccc(C(=O)NCCc2cccnc2)cc1. The molecule has 2 rings (SSSR count). The number of carbonyl (C=O) groups excluding carboxylic acids is 2. The van der Waals surface area contributed by atoms with E-state index in [2.05, 4.69) is 20.3 Å². The monoisotopic (exact) mass is 376 g/mol. The maximum absolute atomic E-state index is 12.1. The van der Waals surface area contributed by atoms with Crippen molar-refractivity contribution in [3.8, 4) is 0 Å². The van der Waals surface area contributed by atoms with Gasteiger partial charge in [0.2, 0.25) is 15.9 Å². The summed E-state index contributed by atoms with van der Waals surface area (Å²) in [7, 11) is -2.40. The molecule has 0 aliphatic carbocycles. The summed E-state index contributed by atoms with van der Waals surface area (Å²) in [5, 5.41) is 5.09. The van der Waals surface area contributed by atoms with Crippen LogP contribution in [-0.4, -0.2) is 45.4 Å². The fraction of sp³-hybridized carbons (Fsp3) is 0.235. The van der Waals surface area contributed by atoms with E-state index in [9.17, 15) is 18.0 Å². The van der Waals surface area contributed by atoms with Crippen molar-refractivity contribution >= 4 is 21.8 Å². The van der Waals surface area contributed by atoms with Crippen molar-refractivity contribution in [3.63, 3.8) is 0 Å². The molecular weight excluding hydrogens is 356 g/mol. The van der Waals surface area contributed by atoms with Crippen LogP contribution in [0.2, 0.25) is 0 Å². The molecule has 1 aromatic carbocycles. The quantitative estimate of drug-likeness (QED) is 0.603. The van der Waals surface area contributed by atoms with Crippen molar-refractivity contribution in [2.75, 3.05) is 20.1 Å². The summed E-state index contributed by atoms with van der Waals surface area (Å²) < 4.78 is 26.3. The number of benzene rings is 1. The standard InChI is InChI=1S/C17H20N4O4S/c1-18-16(22)12-21-26(24,25)15-6-4-14(5-7-15)17(23)20-10-8-13-3-2-9-19-11-13/h2-7,9,11,21H,8,10,12H2,1H3,(H,18,22)(H,20,23). The lowest BCUT2D eigenvalue weighted by molar-refractivity contribution is -0.119. The Kier molecular flexibility index (Phi) is 6.81. The average molecular weight is 376 g/mol. The molecule has 0 spiro atoms. The fourth-order valence-electron chi connectivity index (χ4n) is 2.09. The predicted octanol–water partition coefficient (Wildman–Crippen LogP) is 0.0784. The Bertz CT molecular complexity index is 852. The zero-order valence-electron chi connectivity index (χ0n) is 14.2. The second kappa shape index (κ2) is 9.07. The molecule has 0 unspecified atom stereocenters. The minimum atomic E-state index is -3.81. The van der Waals surface area contributed by atoms with E-state index < -0.39 is 15.9 Å². The number of hydrogen-bond donors (Lipinski definition) is 3. The van der Waals surface area contributed by atoms with Gasteiger partial charge in [0.25, 0.3) is 5.91 Å². The highest BCUT2D eigenvalue weighted by Crippen LogP contribution is 2.10. The van der Waals surface area contributed by atoms with Crippen LogP contribution in [-0.2, 0) is 21.2 Å². The van der Waals surface area contributed by atoms with E-state index in [1.54, 1.807) is 12.4 Å². The third-order valence-corrected chi connectivity index (χ3v) is 4.97. The van der Waals surface area contributed by atoms with Gasteiger partial charge >= 0.3 is 0 Å². The Labute approximate surface area is 152 Å². The molecule has 1 heterocycles. The van der Waals surface area contributed by atoms with Gasteiger partial charge in [-0.2, -0.15) is 0 Å². The first-order valence-corrected chi connectivity index (χ1v) is 9.38. The van der Waals surface area contributed by atoms with Gasteiger partial charge in [-0.25, -0.2) is 13.1 Å². The van der Waals surface area contributed by atoms with Crippen LogP contribution in [0.1, 0.15) is 15.9 Å². The number of sulfonamides is 1. The Hall–Kier alpha value is -2.78. The number of nitrogens with one attached hydrogen (secondary N) is 3. The molecule has 2 amide bonds. The number of amides is 2. The molecule has 0 saturated heterocycles. The van der Waals surface area contributed by atoms with Crippen LogP contribution in [0.4, 0.5) is 0 Å². The van der Waals surface area contributed by atoms with Gasteiger partial charge in [0.05, 0.1) is 11.4 Å². The summed E-state index contributed by atoms with van der Waals surface area (Å²) in [6.45, 7) is 0.0909. The number of hydrogen-bond acceptors (Lipinski definition) is 5. The van der Waals surface area contributed by atoms with Crippen molar-refractivity contribution in [2.45, 2.75) is 11.3 Å². The van der Waals surface area contributed by atoms with Crippen molar-refractivity contribution in [2.24, 2.45) is 0 Å². The molecule has 9 heteroatoms. The van der Waals surface area contributed by atoms with Gasteiger partial charge in [-0.15, -0.1) is 0 Å². The normalized spacial score (nSPS) is 11.0. The van der Waals surface area contributed by atoms with Gasteiger partial charge in [-0.3, -0.25) is 14.6 Å². The maximum Gasteiger partial charge on any atom is 0.251 e. The van der Waals surface area contributed by atoms with E-state index in [0.29, 0.717) is 18.5 Å². The summed E-state index contributed by atoms with van der Waals surface area (Å²) in [4.78, 5) is 27.2. The summed E-state index contributed by atoms with van der Waals surface area (Å²) in [5.41, 5.74) is 1.36.